The third kappa shape index (κ3) is 24.4. The van der Waals surface area contributed by atoms with Gasteiger partial charge in [-0.2, -0.15) is 0 Å². The first-order valence-corrected chi connectivity index (χ1v) is 21.7. The summed E-state index contributed by atoms with van der Waals surface area (Å²) in [6, 6.07) is 23.6. The van der Waals surface area contributed by atoms with Gasteiger partial charge < -0.3 is 48.1 Å². The van der Waals surface area contributed by atoms with E-state index in [9.17, 15) is 69.2 Å². The zero-order valence-electron chi connectivity index (χ0n) is 36.5. The van der Waals surface area contributed by atoms with E-state index < -0.39 is 88.4 Å². The molecule has 71 heavy (non-hydrogen) atoms. The van der Waals surface area contributed by atoms with Gasteiger partial charge in [0.15, 0.2) is 6.07 Å². The molecule has 0 aromatic heterocycles. The zero-order valence-corrected chi connectivity index (χ0v) is 38.8. The number of hydrogen-bond acceptors (Lipinski definition) is 25. The van der Waals surface area contributed by atoms with Crippen LogP contribution in [0.15, 0.2) is 107 Å². The van der Waals surface area contributed by atoms with Gasteiger partial charge in [0.1, 0.15) is 48.0 Å². The van der Waals surface area contributed by atoms with Crippen LogP contribution in [0.4, 0.5) is 0 Å². The minimum absolute atomic E-state index is 0.000194. The first kappa shape index (κ1) is 58.6. The highest BCUT2D eigenvalue weighted by Gasteiger charge is 2.20. The van der Waals surface area contributed by atoms with E-state index in [-0.39, 0.29) is 51.3 Å². The van der Waals surface area contributed by atoms with Crippen LogP contribution in [0.1, 0.15) is 55.3 Å². The Labute approximate surface area is 411 Å². The molecule has 0 aliphatic carbocycles. The Morgan fingerprint density at radius 2 is 0.930 bits per heavy atom. The molecule has 380 valence electrons. The van der Waals surface area contributed by atoms with E-state index in [2.05, 4.69) is 24.1 Å². The lowest BCUT2D eigenvalue weighted by Crippen LogP contribution is -2.26. The summed E-state index contributed by atoms with van der Waals surface area (Å²) in [7, 11) is 0. The summed E-state index contributed by atoms with van der Waals surface area (Å²) in [6.45, 7) is 0.531. The van der Waals surface area contributed by atoms with E-state index in [1.807, 2.05) is 0 Å². The summed E-state index contributed by atoms with van der Waals surface area (Å²) in [5.74, 6) is -4.32. The van der Waals surface area contributed by atoms with Crippen LogP contribution >= 0.6 is 35.1 Å². The normalized spacial score (nSPS) is 10.8. The van der Waals surface area contributed by atoms with Gasteiger partial charge in [0, 0.05) is 35.1 Å². The second-order valence-corrected chi connectivity index (χ2v) is 15.0. The summed E-state index contributed by atoms with van der Waals surface area (Å²) < 4.78 is 24.1. The molecule has 0 spiro atoms. The lowest BCUT2D eigenvalue weighted by Gasteiger charge is -2.13. The molecule has 0 aliphatic rings. The summed E-state index contributed by atoms with van der Waals surface area (Å²) in [5.41, 5.74) is 0.381. The molecule has 28 nitrogen and oxygen atoms in total. The van der Waals surface area contributed by atoms with E-state index in [1.54, 1.807) is 18.2 Å². The lowest BCUT2D eigenvalue weighted by molar-refractivity contribution is -0.788. The van der Waals surface area contributed by atoms with Gasteiger partial charge in [0.05, 0.1) is 11.1 Å². The van der Waals surface area contributed by atoms with Crippen molar-refractivity contribution in [3.63, 3.8) is 0 Å². The number of carbonyl (C=O) groups is 6. The molecule has 0 amide bonds. The molecular formula is C40H37ClN4O24S2. The molecule has 0 saturated heterocycles. The first-order chi connectivity index (χ1) is 33.7. The number of benzene rings is 4. The fraction of sp³-hybridized carbons (Fsp3) is 0.250. The van der Waals surface area contributed by atoms with Gasteiger partial charge in [0.2, 0.25) is 6.79 Å². The number of carboxylic acids is 1. The number of thioether (sulfide) groups is 2. The molecule has 4 aromatic rings. The number of carboxylic acid groups (broad SMARTS) is 1. The number of hydrogen-bond donors (Lipinski definition) is 1. The molecule has 2 unspecified atom stereocenters. The maximum Gasteiger partial charge on any atom is 0.344 e. The molecule has 0 saturated carbocycles. The van der Waals surface area contributed by atoms with Gasteiger partial charge >= 0.3 is 35.8 Å². The fourth-order valence-electron chi connectivity index (χ4n) is 4.69. The third-order valence-corrected chi connectivity index (χ3v) is 9.95. The molecule has 4 aromatic carbocycles. The van der Waals surface area contributed by atoms with Crippen molar-refractivity contribution in [3.8, 4) is 11.5 Å². The van der Waals surface area contributed by atoms with Gasteiger partial charge in [-0.1, -0.05) is 35.9 Å². The molecule has 31 heteroatoms. The predicted molar refractivity (Wildman–Crippen MR) is 238 cm³/mol. The molecule has 0 radical (unpaired) electrons. The smallest absolute Gasteiger partial charge is 0.344 e. The van der Waals surface area contributed by atoms with Crippen LogP contribution in [0, 0.1) is 40.5 Å². The number of aromatic carboxylic acids is 1. The van der Waals surface area contributed by atoms with Crippen LogP contribution in [0.25, 0.3) is 0 Å². The van der Waals surface area contributed by atoms with Gasteiger partial charge in [-0.05, 0) is 72.8 Å². The van der Waals surface area contributed by atoms with Crippen molar-refractivity contribution in [3.05, 3.63) is 160 Å². The van der Waals surface area contributed by atoms with Crippen LogP contribution in [0.5, 0.6) is 11.5 Å². The number of rotatable bonds is 25. The highest BCUT2D eigenvalue weighted by Crippen LogP contribution is 2.23. The number of para-hydroxylation sites is 2. The Kier molecular flexibility index (Phi) is 26.0. The molecule has 0 heterocycles. The number of esters is 5. The van der Waals surface area contributed by atoms with Gasteiger partial charge in [0.25, 0.3) is 20.3 Å². The third-order valence-electron chi connectivity index (χ3n) is 7.55. The topological polar surface area (TPSA) is 378 Å². The van der Waals surface area contributed by atoms with E-state index in [1.165, 1.54) is 92.7 Å². The fourth-order valence-corrected chi connectivity index (χ4v) is 6.52. The average molecular weight is 1060 g/mol. The first-order valence-electron chi connectivity index (χ1n) is 19.2. The largest absolute Gasteiger partial charge is 0.478 e. The van der Waals surface area contributed by atoms with Crippen molar-refractivity contribution >= 4 is 70.9 Å². The Bertz CT molecular complexity index is 2480. The molecule has 0 bridgehead atoms. The summed E-state index contributed by atoms with van der Waals surface area (Å²) in [5, 5.41) is 45.5. The zero-order chi connectivity index (χ0) is 52.9. The number of halogens is 1. The molecule has 4 rings (SSSR count). The van der Waals surface area contributed by atoms with Crippen molar-refractivity contribution in [1.29, 1.82) is 0 Å². The Hall–Kier alpha value is -8.51. The van der Waals surface area contributed by atoms with Crippen LogP contribution < -0.4 is 9.47 Å². The Morgan fingerprint density at radius 3 is 1.30 bits per heavy atom. The van der Waals surface area contributed by atoms with Crippen LogP contribution in [-0.4, -0.2) is 111 Å². The quantitative estimate of drug-likeness (QED) is 0.0158. The van der Waals surface area contributed by atoms with E-state index in [0.717, 1.165) is 23.5 Å². The highest BCUT2D eigenvalue weighted by atomic mass is 35.5. The second-order valence-electron chi connectivity index (χ2n) is 12.6. The SMILES string of the molecule is CC(=O)Oc1ccccc1C(=O)OCCl.CC(=O)Oc1ccccc1C(=O)OCOC(=O)c1ccc(SCC(CO[N+](=O)[O-])O[N+](=O)[O-])cc1.O=C(O)c1ccc(SCC(CO[N+](=O)[O-])O[N+](=O)[O-])cc1. The predicted octanol–water partition coefficient (Wildman–Crippen LogP) is 5.69. The Balaban J connectivity index is 0.000000405. The average Bonchev–Trinajstić information content (AvgIpc) is 3.31. The Morgan fingerprint density at radius 1 is 0.549 bits per heavy atom. The van der Waals surface area contributed by atoms with Crippen molar-refractivity contribution in [1.82, 2.24) is 0 Å². The van der Waals surface area contributed by atoms with Crippen LogP contribution in [0.2, 0.25) is 0 Å². The minimum atomic E-state index is -1.19. The number of nitrogens with zero attached hydrogens (tertiary/aromatic N) is 4. The van der Waals surface area contributed by atoms with Crippen molar-refractivity contribution in [2.45, 2.75) is 35.8 Å². The lowest BCUT2D eigenvalue weighted by atomic mass is 10.2. The number of ether oxygens (including phenoxy) is 5. The highest BCUT2D eigenvalue weighted by molar-refractivity contribution is 7.99. The van der Waals surface area contributed by atoms with Gasteiger partial charge in [-0.3, -0.25) is 9.59 Å². The van der Waals surface area contributed by atoms with Crippen molar-refractivity contribution in [2.24, 2.45) is 0 Å². The molecule has 0 fully saturated rings. The van der Waals surface area contributed by atoms with Gasteiger partial charge in [-0.25, -0.2) is 19.2 Å². The molecule has 0 aliphatic heterocycles. The standard InChI is InChI=1S/C20H18N2O12S.C10H9ClO4.C10H10N2O8S/c1-13(23)33-18-5-3-2-4-17(18)20(25)31-12-30-19(24)14-6-8-16(9-7-14)35-11-15(34-22(28)29)10-32-21(26)27;1-7(12)15-9-5-3-2-4-8(9)10(13)14-6-11;13-10(14)7-1-3-9(4-2-7)21-6-8(20-12(17)18)5-19-11(15)16/h2-9,15H,10-12H2,1H3;2-5H,6H2,1H3;1-4,8H,5-6H2,(H,13,14). The van der Waals surface area contributed by atoms with E-state index in [4.69, 9.17) is 35.7 Å². The molecule has 1 N–H and O–H groups in total. The summed E-state index contributed by atoms with van der Waals surface area (Å²) in [4.78, 5) is 127. The minimum Gasteiger partial charge on any atom is -0.478 e. The maximum absolute atomic E-state index is 12.2. The summed E-state index contributed by atoms with van der Waals surface area (Å²) >= 11 is 7.45. The van der Waals surface area contributed by atoms with Crippen molar-refractivity contribution in [2.75, 3.05) is 37.6 Å². The number of carbonyl (C=O) groups excluding carboxylic acids is 5. The number of alkyl halides is 1. The molecule has 2 atom stereocenters. The van der Waals surface area contributed by atoms with E-state index in [0.29, 0.717) is 9.79 Å². The van der Waals surface area contributed by atoms with Crippen LogP contribution in [-0.2, 0) is 43.2 Å². The van der Waals surface area contributed by atoms with Gasteiger partial charge in [-0.15, -0.1) is 64.0 Å². The van der Waals surface area contributed by atoms with Crippen LogP contribution in [0.3, 0.4) is 0 Å². The summed E-state index contributed by atoms with van der Waals surface area (Å²) in [6.07, 6.45) is -2.31. The maximum atomic E-state index is 12.2. The van der Waals surface area contributed by atoms with Crippen molar-refractivity contribution < 1.29 is 97.3 Å². The second kappa shape index (κ2) is 31.5. The van der Waals surface area contributed by atoms with E-state index >= 15 is 0 Å². The molecular weight excluding hydrogens is 1020 g/mol. The monoisotopic (exact) mass is 1060 g/mol.